The second-order valence-corrected chi connectivity index (χ2v) is 6.67. The molecule has 0 saturated carbocycles. The highest BCUT2D eigenvalue weighted by Gasteiger charge is 2.51. The molecule has 0 radical (unpaired) electrons. The van der Waals surface area contributed by atoms with Gasteiger partial charge in [0.2, 0.25) is 0 Å². The summed E-state index contributed by atoms with van der Waals surface area (Å²) in [6.45, 7) is 4.49. The molecule has 5 nitrogen and oxygen atoms in total. The number of hydrogen-bond donors (Lipinski definition) is 4. The Kier molecular flexibility index (Phi) is 7.87. The molecule has 0 heterocycles. The van der Waals surface area contributed by atoms with Crippen molar-refractivity contribution in [1.82, 2.24) is 0 Å². The van der Waals surface area contributed by atoms with E-state index in [4.69, 9.17) is 5.11 Å². The van der Waals surface area contributed by atoms with Crippen LogP contribution in [0.25, 0.3) is 0 Å². The van der Waals surface area contributed by atoms with E-state index in [0.717, 1.165) is 44.6 Å². The molecule has 0 aromatic rings. The van der Waals surface area contributed by atoms with Crippen molar-refractivity contribution in [3.8, 4) is 0 Å². The summed E-state index contributed by atoms with van der Waals surface area (Å²) < 4.78 is 0. The zero-order valence-electron chi connectivity index (χ0n) is 14.5. The average Bonchev–Trinajstić information content (AvgIpc) is 3.31. The first-order valence-corrected chi connectivity index (χ1v) is 8.48. The van der Waals surface area contributed by atoms with E-state index in [-0.39, 0.29) is 19.8 Å². The molecular weight excluding hydrogens is 308 g/mol. The third-order valence-corrected chi connectivity index (χ3v) is 5.51. The molecule has 24 heavy (non-hydrogen) atoms. The molecule has 0 unspecified atom stereocenters. The largest absolute Gasteiger partial charge is 0.478 e. The molecule has 5 heteroatoms. The standard InChI is InChI=1S/C16H26O3.C3H4O2/c1-15(13-6-2-3-7-13,14-8-4-5-9-14)16(10-17,11-18)12-19;1-2-3(4)5/h6,8,17-19H,2-5,7,9-12H2,1H3;2H,1H2,(H,4,5). The van der Waals surface area contributed by atoms with Gasteiger partial charge in [0.05, 0.1) is 25.2 Å². The van der Waals surface area contributed by atoms with Crippen molar-refractivity contribution in [1.29, 1.82) is 0 Å². The molecule has 136 valence electrons. The predicted octanol–water partition coefficient (Wildman–Crippen LogP) is 2.43. The minimum atomic E-state index is -0.981. The summed E-state index contributed by atoms with van der Waals surface area (Å²) in [5.41, 5.74) is 1.31. The first-order chi connectivity index (χ1) is 11.4. The lowest BCUT2D eigenvalue weighted by molar-refractivity contribution is -0.131. The Labute approximate surface area is 144 Å². The van der Waals surface area contributed by atoms with Gasteiger partial charge in [0.25, 0.3) is 0 Å². The summed E-state index contributed by atoms with van der Waals surface area (Å²) in [4.78, 5) is 9.25. The molecule has 0 amide bonds. The van der Waals surface area contributed by atoms with Crippen molar-refractivity contribution < 1.29 is 25.2 Å². The number of carbonyl (C=O) groups is 1. The van der Waals surface area contributed by atoms with Crippen molar-refractivity contribution in [3.05, 3.63) is 36.0 Å². The Bertz CT molecular complexity index is 468. The van der Waals surface area contributed by atoms with Crippen LogP contribution in [0.1, 0.15) is 45.4 Å². The average molecular weight is 338 g/mol. The highest BCUT2D eigenvalue weighted by atomic mass is 16.4. The summed E-state index contributed by atoms with van der Waals surface area (Å²) in [5.74, 6) is -0.981. The molecule has 0 spiro atoms. The highest BCUT2D eigenvalue weighted by molar-refractivity contribution is 5.78. The highest BCUT2D eigenvalue weighted by Crippen LogP contribution is 2.55. The number of aliphatic hydroxyl groups is 3. The molecule has 0 fully saturated rings. The fourth-order valence-corrected chi connectivity index (χ4v) is 3.76. The third-order valence-electron chi connectivity index (χ3n) is 5.51. The maximum Gasteiger partial charge on any atom is 0.327 e. The number of aliphatic hydroxyl groups excluding tert-OH is 3. The lowest BCUT2D eigenvalue weighted by atomic mass is 9.57. The van der Waals surface area contributed by atoms with Gasteiger partial charge in [0.15, 0.2) is 0 Å². The van der Waals surface area contributed by atoms with Crippen LogP contribution in [0.4, 0.5) is 0 Å². The van der Waals surface area contributed by atoms with Crippen molar-refractivity contribution in [3.63, 3.8) is 0 Å². The van der Waals surface area contributed by atoms with Gasteiger partial charge in [-0.1, -0.05) is 36.8 Å². The molecule has 2 rings (SSSR count). The van der Waals surface area contributed by atoms with Crippen LogP contribution < -0.4 is 0 Å². The quantitative estimate of drug-likeness (QED) is 0.422. The monoisotopic (exact) mass is 338 g/mol. The number of aliphatic carboxylic acids is 1. The van der Waals surface area contributed by atoms with Gasteiger partial charge in [-0.15, -0.1) is 0 Å². The first kappa shape index (κ1) is 20.6. The summed E-state index contributed by atoms with van der Waals surface area (Å²) >= 11 is 0. The Morgan fingerprint density at radius 1 is 1.08 bits per heavy atom. The SMILES string of the molecule is C=CC(=O)O.CC(C1=CCCC1)(C1=CCCC1)C(CO)(CO)CO. The van der Waals surface area contributed by atoms with Crippen molar-refractivity contribution in [2.75, 3.05) is 19.8 Å². The second kappa shape index (κ2) is 9.16. The van der Waals surface area contributed by atoms with Crippen LogP contribution in [-0.4, -0.2) is 46.2 Å². The number of carboxylic acid groups (broad SMARTS) is 1. The smallest absolute Gasteiger partial charge is 0.327 e. The summed E-state index contributed by atoms with van der Waals surface area (Å²) in [7, 11) is 0. The summed E-state index contributed by atoms with van der Waals surface area (Å²) in [6, 6.07) is 0. The van der Waals surface area contributed by atoms with Crippen LogP contribution in [0.2, 0.25) is 0 Å². The van der Waals surface area contributed by atoms with Gasteiger partial charge in [-0.3, -0.25) is 0 Å². The molecule has 0 atom stereocenters. The number of hydrogen-bond acceptors (Lipinski definition) is 4. The molecule has 2 aliphatic carbocycles. The van der Waals surface area contributed by atoms with Gasteiger partial charge in [-0.05, 0) is 38.5 Å². The van der Waals surface area contributed by atoms with E-state index in [1.165, 1.54) is 11.1 Å². The third kappa shape index (κ3) is 3.97. The van der Waals surface area contributed by atoms with Gasteiger partial charge in [-0.25, -0.2) is 4.79 Å². The Hall–Kier alpha value is -1.43. The molecule has 4 N–H and O–H groups in total. The molecule has 0 aromatic carbocycles. The van der Waals surface area contributed by atoms with Crippen LogP contribution in [0, 0.1) is 10.8 Å². The van der Waals surface area contributed by atoms with Crippen LogP contribution in [0.5, 0.6) is 0 Å². The van der Waals surface area contributed by atoms with E-state index >= 15 is 0 Å². The number of rotatable bonds is 7. The molecule has 0 aromatic heterocycles. The van der Waals surface area contributed by atoms with Crippen molar-refractivity contribution in [2.45, 2.75) is 45.4 Å². The van der Waals surface area contributed by atoms with Crippen LogP contribution >= 0.6 is 0 Å². The van der Waals surface area contributed by atoms with E-state index in [1.807, 2.05) is 0 Å². The van der Waals surface area contributed by atoms with Crippen LogP contribution in [0.3, 0.4) is 0 Å². The lowest BCUT2D eigenvalue weighted by Gasteiger charge is -2.48. The molecule has 0 bridgehead atoms. The van der Waals surface area contributed by atoms with Crippen LogP contribution in [0.15, 0.2) is 36.0 Å². The minimum absolute atomic E-state index is 0.189. The Balaban J connectivity index is 0.000000505. The van der Waals surface area contributed by atoms with Gasteiger partial charge in [0, 0.05) is 11.5 Å². The molecule has 2 aliphatic rings. The molecule has 0 aliphatic heterocycles. The topological polar surface area (TPSA) is 98.0 Å². The van der Waals surface area contributed by atoms with E-state index < -0.39 is 16.8 Å². The maximum absolute atomic E-state index is 9.86. The van der Waals surface area contributed by atoms with Crippen molar-refractivity contribution >= 4 is 5.97 Å². The Morgan fingerprint density at radius 3 is 1.67 bits per heavy atom. The summed E-state index contributed by atoms with van der Waals surface area (Å²) in [6.07, 6.45) is 11.7. The van der Waals surface area contributed by atoms with Crippen LogP contribution in [-0.2, 0) is 4.79 Å². The van der Waals surface area contributed by atoms with Crippen molar-refractivity contribution in [2.24, 2.45) is 10.8 Å². The minimum Gasteiger partial charge on any atom is -0.478 e. The van der Waals surface area contributed by atoms with Gasteiger partial charge < -0.3 is 20.4 Å². The predicted molar refractivity (Wildman–Crippen MR) is 93.5 cm³/mol. The normalized spacial score (nSPS) is 17.7. The summed E-state index contributed by atoms with van der Waals surface area (Å²) in [5, 5.41) is 37.2. The fourth-order valence-electron chi connectivity index (χ4n) is 3.76. The van der Waals surface area contributed by atoms with Gasteiger partial charge in [-0.2, -0.15) is 0 Å². The second-order valence-electron chi connectivity index (χ2n) is 6.67. The lowest BCUT2D eigenvalue weighted by Crippen LogP contribution is -2.50. The first-order valence-electron chi connectivity index (χ1n) is 8.48. The van der Waals surface area contributed by atoms with E-state index in [0.29, 0.717) is 0 Å². The van der Waals surface area contributed by atoms with E-state index in [1.54, 1.807) is 0 Å². The number of allylic oxidation sites excluding steroid dienone is 4. The zero-order valence-corrected chi connectivity index (χ0v) is 14.5. The molecule has 0 saturated heterocycles. The zero-order chi connectivity index (χ0) is 18.2. The van der Waals surface area contributed by atoms with E-state index in [2.05, 4.69) is 25.7 Å². The fraction of sp³-hybridized carbons (Fsp3) is 0.632. The number of carboxylic acids is 1. The molecular formula is C19H30O5. The van der Waals surface area contributed by atoms with E-state index in [9.17, 15) is 20.1 Å². The van der Waals surface area contributed by atoms with Gasteiger partial charge in [0.1, 0.15) is 0 Å². The maximum atomic E-state index is 9.86. The van der Waals surface area contributed by atoms with Gasteiger partial charge >= 0.3 is 5.97 Å². The Morgan fingerprint density at radius 2 is 1.46 bits per heavy atom.